The molecule has 4 atom stereocenters. The third kappa shape index (κ3) is 4.45. The summed E-state index contributed by atoms with van der Waals surface area (Å²) in [6, 6.07) is 10.2. The molecule has 0 heterocycles. The summed E-state index contributed by atoms with van der Waals surface area (Å²) in [7, 11) is -1.17. The maximum absolute atomic E-state index is 12.7. The van der Waals surface area contributed by atoms with Crippen LogP contribution in [0.3, 0.4) is 0 Å². The highest BCUT2D eigenvalue weighted by molar-refractivity contribution is 7.84. The number of hydrogen-bond acceptors (Lipinski definition) is 3. The van der Waals surface area contributed by atoms with Gasteiger partial charge in [0.2, 0.25) is 0 Å². The van der Waals surface area contributed by atoms with Gasteiger partial charge in [0.1, 0.15) is 0 Å². The lowest BCUT2D eigenvalue weighted by Gasteiger charge is -2.27. The van der Waals surface area contributed by atoms with Gasteiger partial charge in [-0.15, -0.1) is 0 Å². The zero-order valence-electron chi connectivity index (χ0n) is 15.3. The Kier molecular flexibility index (Phi) is 5.87. The fraction of sp³-hybridized carbons (Fsp3) is 0.632. The monoisotopic (exact) mass is 351 g/mol. The quantitative estimate of drug-likeness (QED) is 0.764. The van der Waals surface area contributed by atoms with Gasteiger partial charge in [-0.1, -0.05) is 37.3 Å². The molecule has 24 heavy (non-hydrogen) atoms. The molecule has 0 saturated heterocycles. The highest BCUT2D eigenvalue weighted by Crippen LogP contribution is 2.55. The summed E-state index contributed by atoms with van der Waals surface area (Å²) in [4.78, 5) is 12.0. The van der Waals surface area contributed by atoms with Gasteiger partial charge in [0.15, 0.2) is 0 Å². The molecular formula is C19H29NO3S. The summed E-state index contributed by atoms with van der Waals surface area (Å²) in [5, 5.41) is 0. The van der Waals surface area contributed by atoms with Crippen LogP contribution in [-0.4, -0.2) is 27.1 Å². The van der Waals surface area contributed by atoms with E-state index >= 15 is 0 Å². The van der Waals surface area contributed by atoms with E-state index in [2.05, 4.69) is 16.9 Å². The predicted molar refractivity (Wildman–Crippen MR) is 98.0 cm³/mol. The summed E-state index contributed by atoms with van der Waals surface area (Å²) < 4.78 is 20.8. The molecule has 1 aromatic carbocycles. The molecule has 1 aliphatic rings. The van der Waals surface area contributed by atoms with Crippen molar-refractivity contribution in [3.8, 4) is 0 Å². The standard InChI is InChI=1S/C19H29NO3S/c1-6-23-17(21)14(2)12-19(20-24(22)18(3,4)5)13-16(19)15-10-8-7-9-11-15/h7-11,14,16,20H,6,12-13H2,1-5H3/t14-,16?,19-,24?/m0/s1. The van der Waals surface area contributed by atoms with Crippen LogP contribution in [-0.2, 0) is 20.5 Å². The van der Waals surface area contributed by atoms with Gasteiger partial charge in [-0.3, -0.25) is 4.79 Å². The Morgan fingerprint density at radius 1 is 1.38 bits per heavy atom. The van der Waals surface area contributed by atoms with Crippen LogP contribution in [0.4, 0.5) is 0 Å². The molecule has 0 aliphatic heterocycles. The SMILES string of the molecule is CCOC(=O)[C@@H](C)C[C@]1(NS(=O)C(C)(C)C)CC1c1ccccc1. The van der Waals surface area contributed by atoms with Crippen molar-refractivity contribution in [2.45, 2.75) is 63.7 Å². The molecule has 0 amide bonds. The minimum atomic E-state index is -1.17. The molecule has 5 heteroatoms. The minimum absolute atomic E-state index is 0.182. The zero-order chi connectivity index (χ0) is 18.0. The lowest BCUT2D eigenvalue weighted by Crippen LogP contribution is -2.44. The average Bonchev–Trinajstić information content (AvgIpc) is 3.21. The first-order valence-electron chi connectivity index (χ1n) is 8.61. The van der Waals surface area contributed by atoms with E-state index in [0.29, 0.717) is 13.0 Å². The highest BCUT2D eigenvalue weighted by Gasteiger charge is 2.57. The van der Waals surface area contributed by atoms with Crippen LogP contribution in [0.5, 0.6) is 0 Å². The maximum Gasteiger partial charge on any atom is 0.308 e. The topological polar surface area (TPSA) is 55.4 Å². The molecule has 0 radical (unpaired) electrons. The second-order valence-corrected chi connectivity index (χ2v) is 9.63. The zero-order valence-corrected chi connectivity index (χ0v) is 16.1. The van der Waals surface area contributed by atoms with E-state index in [1.165, 1.54) is 5.56 Å². The second kappa shape index (κ2) is 7.36. The van der Waals surface area contributed by atoms with E-state index < -0.39 is 11.0 Å². The molecule has 2 rings (SSSR count). The van der Waals surface area contributed by atoms with E-state index in [1.807, 2.05) is 52.8 Å². The Morgan fingerprint density at radius 3 is 2.54 bits per heavy atom. The van der Waals surface area contributed by atoms with Crippen molar-refractivity contribution in [1.82, 2.24) is 4.72 Å². The van der Waals surface area contributed by atoms with Gasteiger partial charge < -0.3 is 4.74 Å². The van der Waals surface area contributed by atoms with Crippen molar-refractivity contribution in [3.05, 3.63) is 35.9 Å². The first kappa shape index (κ1) is 19.1. The largest absolute Gasteiger partial charge is 0.466 e. The number of rotatable bonds is 7. The Hall–Kier alpha value is -1.20. The Labute approximate surface area is 148 Å². The Balaban J connectivity index is 2.18. The number of carbonyl (C=O) groups excluding carboxylic acids is 1. The van der Waals surface area contributed by atoms with Crippen LogP contribution >= 0.6 is 0 Å². The molecule has 0 aromatic heterocycles. The van der Waals surface area contributed by atoms with Crippen LogP contribution in [0.2, 0.25) is 0 Å². The second-order valence-electron chi connectivity index (χ2n) is 7.66. The van der Waals surface area contributed by atoms with Crippen molar-refractivity contribution in [2.75, 3.05) is 6.61 Å². The smallest absolute Gasteiger partial charge is 0.308 e. The summed E-state index contributed by atoms with van der Waals surface area (Å²) in [5.74, 6) is -0.121. The molecule has 1 saturated carbocycles. The minimum Gasteiger partial charge on any atom is -0.466 e. The lowest BCUT2D eigenvalue weighted by atomic mass is 9.96. The van der Waals surface area contributed by atoms with Crippen molar-refractivity contribution >= 4 is 17.0 Å². The molecule has 0 bridgehead atoms. The maximum atomic E-state index is 12.7. The van der Waals surface area contributed by atoms with E-state index in [-0.39, 0.29) is 28.1 Å². The molecule has 1 N–H and O–H groups in total. The molecule has 2 unspecified atom stereocenters. The average molecular weight is 352 g/mol. The number of ether oxygens (including phenoxy) is 1. The number of nitrogens with one attached hydrogen (secondary N) is 1. The number of esters is 1. The van der Waals surface area contributed by atoms with E-state index in [1.54, 1.807) is 0 Å². The summed E-state index contributed by atoms with van der Waals surface area (Å²) >= 11 is 0. The fourth-order valence-electron chi connectivity index (χ4n) is 3.06. The summed E-state index contributed by atoms with van der Waals surface area (Å²) in [6.07, 6.45) is 1.52. The highest BCUT2D eigenvalue weighted by atomic mass is 32.2. The van der Waals surface area contributed by atoms with Gasteiger partial charge in [-0.25, -0.2) is 8.93 Å². The number of carbonyl (C=O) groups is 1. The normalized spacial score (nSPS) is 25.8. The van der Waals surface area contributed by atoms with Gasteiger partial charge in [0, 0.05) is 11.5 Å². The van der Waals surface area contributed by atoms with Crippen LogP contribution in [0.25, 0.3) is 0 Å². The molecule has 1 aromatic rings. The van der Waals surface area contributed by atoms with Crippen LogP contribution in [0.1, 0.15) is 58.9 Å². The van der Waals surface area contributed by atoms with Crippen molar-refractivity contribution in [3.63, 3.8) is 0 Å². The summed E-state index contributed by atoms with van der Waals surface area (Å²) in [5.41, 5.74) is 0.929. The fourth-order valence-corrected chi connectivity index (χ4v) is 4.04. The molecule has 1 aliphatic carbocycles. The molecule has 134 valence electrons. The van der Waals surface area contributed by atoms with Crippen LogP contribution in [0, 0.1) is 5.92 Å². The predicted octanol–water partition coefficient (Wildman–Crippen LogP) is 3.55. The Bertz CT molecular complexity index is 596. The lowest BCUT2D eigenvalue weighted by molar-refractivity contribution is -0.147. The van der Waals surface area contributed by atoms with Gasteiger partial charge in [0.05, 0.1) is 28.3 Å². The van der Waals surface area contributed by atoms with Crippen LogP contribution in [0.15, 0.2) is 30.3 Å². The first-order chi connectivity index (χ1) is 11.2. The molecule has 0 spiro atoms. The van der Waals surface area contributed by atoms with Crippen molar-refractivity contribution < 1.29 is 13.7 Å². The third-order valence-electron chi connectivity index (χ3n) is 4.49. The van der Waals surface area contributed by atoms with Gasteiger partial charge in [-0.2, -0.15) is 0 Å². The van der Waals surface area contributed by atoms with Gasteiger partial charge in [0.25, 0.3) is 0 Å². The van der Waals surface area contributed by atoms with Crippen LogP contribution < -0.4 is 4.72 Å². The van der Waals surface area contributed by atoms with Crippen molar-refractivity contribution in [2.24, 2.45) is 5.92 Å². The van der Waals surface area contributed by atoms with E-state index in [9.17, 15) is 9.00 Å². The molecule has 1 fully saturated rings. The van der Waals surface area contributed by atoms with Crippen molar-refractivity contribution in [1.29, 1.82) is 0 Å². The van der Waals surface area contributed by atoms with E-state index in [4.69, 9.17) is 4.74 Å². The molecule has 4 nitrogen and oxygen atoms in total. The Morgan fingerprint density at radius 2 is 2.00 bits per heavy atom. The number of benzene rings is 1. The first-order valence-corrected chi connectivity index (χ1v) is 9.76. The summed E-state index contributed by atoms with van der Waals surface area (Å²) in [6.45, 7) is 9.97. The van der Waals surface area contributed by atoms with E-state index in [0.717, 1.165) is 6.42 Å². The van der Waals surface area contributed by atoms with Gasteiger partial charge in [-0.05, 0) is 46.1 Å². The number of hydrogen-bond donors (Lipinski definition) is 1. The van der Waals surface area contributed by atoms with Gasteiger partial charge >= 0.3 is 5.97 Å². The molecular weight excluding hydrogens is 322 g/mol. The third-order valence-corrected chi connectivity index (χ3v) is 6.19.